The first-order valence-electron chi connectivity index (χ1n) is 7.72. The monoisotopic (exact) mass is 317 g/mol. The van der Waals surface area contributed by atoms with E-state index in [2.05, 4.69) is 36.5 Å². The molecule has 116 valence electrons. The second-order valence-electron chi connectivity index (χ2n) is 5.95. The first-order valence-corrected chi connectivity index (χ1v) is 8.66. The van der Waals surface area contributed by atoms with E-state index in [4.69, 9.17) is 0 Å². The van der Waals surface area contributed by atoms with Crippen LogP contribution in [0.5, 0.6) is 0 Å². The van der Waals surface area contributed by atoms with E-state index >= 15 is 0 Å². The summed E-state index contributed by atoms with van der Waals surface area (Å²) in [7, 11) is 0. The minimum atomic E-state index is 0.243. The van der Waals surface area contributed by atoms with Crippen molar-refractivity contribution in [2.45, 2.75) is 39.0 Å². The van der Waals surface area contributed by atoms with E-state index in [1.165, 1.54) is 5.56 Å². The highest BCUT2D eigenvalue weighted by atomic mass is 32.1. The SMILES string of the molecule is O=C1CCCN1Cc1nnc2n1CCN(Cc1ccsc1)C2. The number of fused-ring (bicyclic) bond motifs is 1. The highest BCUT2D eigenvalue weighted by molar-refractivity contribution is 7.07. The lowest BCUT2D eigenvalue weighted by atomic mass is 10.2. The summed E-state index contributed by atoms with van der Waals surface area (Å²) in [5, 5.41) is 13.0. The molecular weight excluding hydrogens is 298 g/mol. The Labute approximate surface area is 133 Å². The van der Waals surface area contributed by atoms with E-state index < -0.39 is 0 Å². The predicted molar refractivity (Wildman–Crippen MR) is 83.1 cm³/mol. The molecule has 2 aromatic heterocycles. The Bertz CT molecular complexity index is 666. The number of hydrogen-bond donors (Lipinski definition) is 0. The zero-order valence-electron chi connectivity index (χ0n) is 12.4. The summed E-state index contributed by atoms with van der Waals surface area (Å²) in [6, 6.07) is 2.18. The molecule has 0 aromatic carbocycles. The Morgan fingerprint density at radius 1 is 1.18 bits per heavy atom. The predicted octanol–water partition coefficient (Wildman–Crippen LogP) is 1.48. The minimum Gasteiger partial charge on any atom is -0.335 e. The number of carbonyl (C=O) groups is 1. The van der Waals surface area contributed by atoms with Gasteiger partial charge in [-0.2, -0.15) is 11.3 Å². The maximum absolute atomic E-state index is 11.8. The van der Waals surface area contributed by atoms with Crippen molar-refractivity contribution in [2.24, 2.45) is 0 Å². The molecule has 22 heavy (non-hydrogen) atoms. The first-order chi connectivity index (χ1) is 10.8. The van der Waals surface area contributed by atoms with Crippen LogP contribution in [-0.2, 0) is 31.0 Å². The summed E-state index contributed by atoms with van der Waals surface area (Å²) in [5.41, 5.74) is 1.36. The highest BCUT2D eigenvalue weighted by Gasteiger charge is 2.25. The highest BCUT2D eigenvalue weighted by Crippen LogP contribution is 2.19. The third kappa shape index (κ3) is 2.66. The molecule has 0 N–H and O–H groups in total. The Morgan fingerprint density at radius 3 is 2.91 bits per heavy atom. The molecular formula is C15H19N5OS. The summed E-state index contributed by atoms with van der Waals surface area (Å²) in [6.45, 7) is 5.17. The summed E-state index contributed by atoms with van der Waals surface area (Å²) in [5.74, 6) is 2.19. The molecule has 0 aliphatic carbocycles. The lowest BCUT2D eigenvalue weighted by Crippen LogP contribution is -2.35. The van der Waals surface area contributed by atoms with Crippen LogP contribution in [0.25, 0.3) is 0 Å². The molecule has 0 radical (unpaired) electrons. The van der Waals surface area contributed by atoms with Crippen LogP contribution in [0.4, 0.5) is 0 Å². The minimum absolute atomic E-state index is 0.243. The molecule has 0 unspecified atom stereocenters. The van der Waals surface area contributed by atoms with Crippen molar-refractivity contribution in [1.29, 1.82) is 0 Å². The van der Waals surface area contributed by atoms with Crippen LogP contribution in [0.1, 0.15) is 30.1 Å². The van der Waals surface area contributed by atoms with Gasteiger partial charge in [-0.3, -0.25) is 9.69 Å². The van der Waals surface area contributed by atoms with E-state index in [-0.39, 0.29) is 5.91 Å². The number of thiophene rings is 1. The van der Waals surface area contributed by atoms with Crippen molar-refractivity contribution in [3.05, 3.63) is 34.0 Å². The largest absolute Gasteiger partial charge is 0.335 e. The van der Waals surface area contributed by atoms with E-state index in [1.54, 1.807) is 11.3 Å². The van der Waals surface area contributed by atoms with Gasteiger partial charge in [0.25, 0.3) is 0 Å². The maximum Gasteiger partial charge on any atom is 0.223 e. The van der Waals surface area contributed by atoms with Gasteiger partial charge >= 0.3 is 0 Å². The van der Waals surface area contributed by atoms with Gasteiger partial charge in [-0.05, 0) is 28.8 Å². The van der Waals surface area contributed by atoms with Crippen LogP contribution in [0.2, 0.25) is 0 Å². The average Bonchev–Trinajstić information content (AvgIpc) is 3.23. The first kappa shape index (κ1) is 13.9. The fourth-order valence-electron chi connectivity index (χ4n) is 3.20. The molecule has 7 heteroatoms. The Morgan fingerprint density at radius 2 is 2.14 bits per heavy atom. The lowest BCUT2D eigenvalue weighted by molar-refractivity contribution is -0.128. The number of amides is 1. The zero-order chi connectivity index (χ0) is 14.9. The quantitative estimate of drug-likeness (QED) is 0.857. The molecule has 2 aromatic rings. The second-order valence-corrected chi connectivity index (χ2v) is 6.73. The van der Waals surface area contributed by atoms with Crippen molar-refractivity contribution in [1.82, 2.24) is 24.6 Å². The molecule has 0 atom stereocenters. The van der Waals surface area contributed by atoms with Gasteiger partial charge in [0, 0.05) is 32.6 Å². The molecule has 1 saturated heterocycles. The fourth-order valence-corrected chi connectivity index (χ4v) is 3.86. The molecule has 1 amide bonds. The van der Waals surface area contributed by atoms with E-state index in [9.17, 15) is 4.79 Å². The Hall–Kier alpha value is -1.73. The van der Waals surface area contributed by atoms with Crippen molar-refractivity contribution >= 4 is 17.2 Å². The summed E-state index contributed by atoms with van der Waals surface area (Å²) in [4.78, 5) is 16.1. The molecule has 0 bridgehead atoms. The van der Waals surface area contributed by atoms with Gasteiger partial charge in [0.05, 0.1) is 13.1 Å². The van der Waals surface area contributed by atoms with Crippen LogP contribution in [0, 0.1) is 0 Å². The summed E-state index contributed by atoms with van der Waals surface area (Å²) in [6.07, 6.45) is 1.64. The van der Waals surface area contributed by atoms with Gasteiger partial charge in [-0.15, -0.1) is 10.2 Å². The van der Waals surface area contributed by atoms with Crippen molar-refractivity contribution in [3.63, 3.8) is 0 Å². The van der Waals surface area contributed by atoms with Crippen molar-refractivity contribution < 1.29 is 4.79 Å². The third-order valence-corrected chi connectivity index (χ3v) is 5.13. The number of carbonyl (C=O) groups excluding carboxylic acids is 1. The normalized spacial score (nSPS) is 18.9. The molecule has 2 aliphatic heterocycles. The molecule has 1 fully saturated rings. The molecule has 4 heterocycles. The average molecular weight is 317 g/mol. The second kappa shape index (κ2) is 5.81. The molecule has 2 aliphatic rings. The van der Waals surface area contributed by atoms with Gasteiger partial charge in [0.1, 0.15) is 5.82 Å². The molecule has 4 rings (SSSR count). The Balaban J connectivity index is 1.44. The molecule has 0 spiro atoms. The van der Waals surface area contributed by atoms with Gasteiger partial charge < -0.3 is 9.47 Å². The van der Waals surface area contributed by atoms with Crippen LogP contribution < -0.4 is 0 Å². The van der Waals surface area contributed by atoms with E-state index in [0.29, 0.717) is 13.0 Å². The Kier molecular flexibility index (Phi) is 3.67. The number of hydrogen-bond acceptors (Lipinski definition) is 5. The van der Waals surface area contributed by atoms with Gasteiger partial charge in [-0.25, -0.2) is 0 Å². The van der Waals surface area contributed by atoms with Crippen LogP contribution in [-0.4, -0.2) is 43.6 Å². The lowest BCUT2D eigenvalue weighted by Gasteiger charge is -2.27. The van der Waals surface area contributed by atoms with Crippen LogP contribution in [0.15, 0.2) is 16.8 Å². The number of likely N-dealkylation sites (tertiary alicyclic amines) is 1. The van der Waals surface area contributed by atoms with Gasteiger partial charge in [0.15, 0.2) is 5.82 Å². The van der Waals surface area contributed by atoms with Crippen LogP contribution >= 0.6 is 11.3 Å². The zero-order valence-corrected chi connectivity index (χ0v) is 13.3. The van der Waals surface area contributed by atoms with Gasteiger partial charge in [-0.1, -0.05) is 0 Å². The summed E-state index contributed by atoms with van der Waals surface area (Å²) < 4.78 is 2.19. The molecule has 0 saturated carbocycles. The standard InChI is InChI=1S/C15H19N5OS/c21-15-2-1-4-19(15)10-14-17-16-13-9-18(5-6-20(13)14)8-12-3-7-22-11-12/h3,7,11H,1-2,4-6,8-10H2. The van der Waals surface area contributed by atoms with Crippen LogP contribution in [0.3, 0.4) is 0 Å². The summed E-state index contributed by atoms with van der Waals surface area (Å²) >= 11 is 1.74. The number of rotatable bonds is 4. The molecule has 6 nitrogen and oxygen atoms in total. The van der Waals surface area contributed by atoms with E-state index in [1.807, 2.05) is 4.90 Å². The van der Waals surface area contributed by atoms with Crippen molar-refractivity contribution in [3.8, 4) is 0 Å². The fraction of sp³-hybridized carbons (Fsp3) is 0.533. The van der Waals surface area contributed by atoms with E-state index in [0.717, 1.165) is 50.8 Å². The van der Waals surface area contributed by atoms with Crippen molar-refractivity contribution in [2.75, 3.05) is 13.1 Å². The smallest absolute Gasteiger partial charge is 0.223 e. The number of nitrogens with zero attached hydrogens (tertiary/aromatic N) is 5. The van der Waals surface area contributed by atoms with Gasteiger partial charge in [0.2, 0.25) is 5.91 Å². The maximum atomic E-state index is 11.8. The topological polar surface area (TPSA) is 54.3 Å². The third-order valence-electron chi connectivity index (χ3n) is 4.40. The number of aromatic nitrogens is 3.